The maximum atomic E-state index is 2.52. The quantitative estimate of drug-likeness (QED) is 0.607. The van der Waals surface area contributed by atoms with Crippen molar-refractivity contribution >= 4 is 0 Å². The Hall–Kier alpha value is 0. The highest BCUT2D eigenvalue weighted by Gasteiger charge is 2.42. The molecule has 0 nitrogen and oxygen atoms in total. The second-order valence-corrected chi connectivity index (χ2v) is 5.77. The summed E-state index contributed by atoms with van der Waals surface area (Å²) in [7, 11) is 0. The van der Waals surface area contributed by atoms with Gasteiger partial charge in [-0.1, -0.05) is 40.0 Å². The molecule has 5 atom stereocenters. The van der Waals surface area contributed by atoms with Crippen LogP contribution < -0.4 is 0 Å². The van der Waals surface area contributed by atoms with Crippen LogP contribution in [0.4, 0.5) is 0 Å². The topological polar surface area (TPSA) is 0 Å². The van der Waals surface area contributed by atoms with E-state index in [4.69, 9.17) is 0 Å². The molecular weight excluding hydrogens is 168 g/mol. The predicted molar refractivity (Wildman–Crippen MR) is 62.2 cm³/mol. The van der Waals surface area contributed by atoms with Crippen molar-refractivity contribution in [2.24, 2.45) is 29.6 Å². The molecule has 0 aromatic carbocycles. The van der Waals surface area contributed by atoms with Crippen molar-refractivity contribution in [3.05, 3.63) is 0 Å². The molecule has 14 heavy (non-hydrogen) atoms. The molecule has 0 aromatic rings. The first kappa shape index (κ1) is 10.5. The molecule has 2 rings (SSSR count). The molecule has 0 N–H and O–H groups in total. The number of fused-ring (bicyclic) bond motifs is 1. The molecule has 2 saturated carbocycles. The first-order valence-corrected chi connectivity index (χ1v) is 6.76. The molecule has 0 spiro atoms. The molecule has 2 aliphatic rings. The van der Waals surface area contributed by atoms with Crippen LogP contribution in [0.2, 0.25) is 0 Å². The van der Waals surface area contributed by atoms with Crippen LogP contribution in [-0.2, 0) is 0 Å². The Morgan fingerprint density at radius 2 is 1.79 bits per heavy atom. The summed E-state index contributed by atoms with van der Waals surface area (Å²) in [6.45, 7) is 7.29. The Bertz CT molecular complexity index is 182. The van der Waals surface area contributed by atoms with Crippen molar-refractivity contribution < 1.29 is 0 Å². The van der Waals surface area contributed by atoms with Gasteiger partial charge in [0, 0.05) is 0 Å². The largest absolute Gasteiger partial charge is 0.0651 e. The zero-order valence-corrected chi connectivity index (χ0v) is 10.1. The highest BCUT2D eigenvalue weighted by molar-refractivity contribution is 4.92. The second-order valence-electron chi connectivity index (χ2n) is 5.77. The van der Waals surface area contributed by atoms with E-state index in [0.717, 1.165) is 29.6 Å². The van der Waals surface area contributed by atoms with Gasteiger partial charge in [0.2, 0.25) is 0 Å². The summed E-state index contributed by atoms with van der Waals surface area (Å²) in [5, 5.41) is 0. The van der Waals surface area contributed by atoms with Gasteiger partial charge in [-0.25, -0.2) is 0 Å². The molecule has 0 aliphatic heterocycles. The Kier molecular flexibility index (Phi) is 3.19. The standard InChI is InChI=1S/C14H26/c1-4-11-6-7-13-9-12(5-2)10(3)14(13)8-11/h10-14H,4-9H2,1-3H3. The van der Waals surface area contributed by atoms with Gasteiger partial charge in [-0.15, -0.1) is 0 Å². The summed E-state index contributed by atoms with van der Waals surface area (Å²) in [6.07, 6.45) is 9.03. The smallest absolute Gasteiger partial charge is 0.0355 e. The molecular formula is C14H26. The fourth-order valence-electron chi connectivity index (χ4n) is 4.16. The average Bonchev–Trinajstić information content (AvgIpc) is 2.55. The minimum absolute atomic E-state index is 1.03. The van der Waals surface area contributed by atoms with Crippen LogP contribution in [0, 0.1) is 29.6 Å². The number of hydrogen-bond acceptors (Lipinski definition) is 0. The molecule has 0 heterocycles. The molecule has 0 bridgehead atoms. The molecule has 2 aliphatic carbocycles. The first-order chi connectivity index (χ1) is 6.76. The van der Waals surface area contributed by atoms with Crippen molar-refractivity contribution in [2.45, 2.75) is 59.3 Å². The molecule has 5 unspecified atom stereocenters. The molecule has 0 saturated heterocycles. The minimum Gasteiger partial charge on any atom is -0.0651 e. The van der Waals surface area contributed by atoms with Crippen LogP contribution in [0.25, 0.3) is 0 Å². The van der Waals surface area contributed by atoms with Crippen molar-refractivity contribution in [2.75, 3.05) is 0 Å². The SMILES string of the molecule is CCC1CCC2CC(CC)C(C)C2C1. The van der Waals surface area contributed by atoms with Gasteiger partial charge in [0.1, 0.15) is 0 Å². The van der Waals surface area contributed by atoms with E-state index in [1.54, 1.807) is 19.3 Å². The highest BCUT2D eigenvalue weighted by atomic mass is 14.5. The summed E-state index contributed by atoms with van der Waals surface area (Å²) in [5.41, 5.74) is 0. The maximum absolute atomic E-state index is 2.52. The number of hydrogen-bond donors (Lipinski definition) is 0. The monoisotopic (exact) mass is 194 g/mol. The predicted octanol–water partition coefficient (Wildman–Crippen LogP) is 4.49. The van der Waals surface area contributed by atoms with Gasteiger partial charge in [0.25, 0.3) is 0 Å². The lowest BCUT2D eigenvalue weighted by Gasteiger charge is -2.33. The van der Waals surface area contributed by atoms with Gasteiger partial charge in [0.15, 0.2) is 0 Å². The van der Waals surface area contributed by atoms with E-state index in [1.165, 1.54) is 19.3 Å². The van der Waals surface area contributed by atoms with Gasteiger partial charge >= 0.3 is 0 Å². The third-order valence-electron chi connectivity index (χ3n) is 5.28. The third-order valence-corrected chi connectivity index (χ3v) is 5.28. The zero-order valence-electron chi connectivity index (χ0n) is 10.1. The van der Waals surface area contributed by atoms with E-state index >= 15 is 0 Å². The van der Waals surface area contributed by atoms with Crippen LogP contribution in [0.5, 0.6) is 0 Å². The average molecular weight is 194 g/mol. The van der Waals surface area contributed by atoms with E-state index in [-0.39, 0.29) is 0 Å². The van der Waals surface area contributed by atoms with Crippen LogP contribution in [-0.4, -0.2) is 0 Å². The van der Waals surface area contributed by atoms with Crippen LogP contribution in [0.3, 0.4) is 0 Å². The van der Waals surface area contributed by atoms with Gasteiger partial charge in [-0.2, -0.15) is 0 Å². The lowest BCUT2D eigenvalue weighted by Crippen LogP contribution is -2.23. The lowest BCUT2D eigenvalue weighted by molar-refractivity contribution is 0.171. The molecule has 0 heteroatoms. The van der Waals surface area contributed by atoms with Crippen molar-refractivity contribution in [1.29, 1.82) is 0 Å². The fraction of sp³-hybridized carbons (Fsp3) is 1.00. The van der Waals surface area contributed by atoms with E-state index in [0.29, 0.717) is 0 Å². The normalized spacial score (nSPS) is 47.8. The molecule has 0 amide bonds. The van der Waals surface area contributed by atoms with E-state index in [2.05, 4.69) is 20.8 Å². The lowest BCUT2D eigenvalue weighted by atomic mass is 9.72. The zero-order chi connectivity index (χ0) is 10.1. The van der Waals surface area contributed by atoms with Crippen LogP contribution in [0.15, 0.2) is 0 Å². The van der Waals surface area contributed by atoms with Crippen molar-refractivity contribution in [1.82, 2.24) is 0 Å². The summed E-state index contributed by atoms with van der Waals surface area (Å²) < 4.78 is 0. The van der Waals surface area contributed by atoms with E-state index < -0.39 is 0 Å². The summed E-state index contributed by atoms with van der Waals surface area (Å²) in [5.74, 6) is 5.35. The van der Waals surface area contributed by atoms with Crippen LogP contribution >= 0.6 is 0 Å². The van der Waals surface area contributed by atoms with Gasteiger partial charge in [0.05, 0.1) is 0 Å². The van der Waals surface area contributed by atoms with Gasteiger partial charge < -0.3 is 0 Å². The molecule has 0 radical (unpaired) electrons. The summed E-state index contributed by atoms with van der Waals surface area (Å²) in [4.78, 5) is 0. The molecule has 82 valence electrons. The second kappa shape index (κ2) is 4.24. The maximum Gasteiger partial charge on any atom is -0.0355 e. The van der Waals surface area contributed by atoms with Gasteiger partial charge in [-0.3, -0.25) is 0 Å². The minimum atomic E-state index is 1.03. The van der Waals surface area contributed by atoms with E-state index in [1.807, 2.05) is 0 Å². The Labute approximate surface area is 89.5 Å². The molecule has 2 fully saturated rings. The summed E-state index contributed by atoms with van der Waals surface area (Å²) >= 11 is 0. The van der Waals surface area contributed by atoms with Crippen molar-refractivity contribution in [3.63, 3.8) is 0 Å². The Balaban J connectivity index is 2.00. The molecule has 0 aromatic heterocycles. The van der Waals surface area contributed by atoms with E-state index in [9.17, 15) is 0 Å². The highest BCUT2D eigenvalue weighted by Crippen LogP contribution is 2.51. The first-order valence-electron chi connectivity index (χ1n) is 6.76. The van der Waals surface area contributed by atoms with Crippen molar-refractivity contribution in [3.8, 4) is 0 Å². The fourth-order valence-corrected chi connectivity index (χ4v) is 4.16. The summed E-state index contributed by atoms with van der Waals surface area (Å²) in [6, 6.07) is 0. The Morgan fingerprint density at radius 1 is 1.00 bits per heavy atom. The third kappa shape index (κ3) is 1.73. The Morgan fingerprint density at radius 3 is 2.43 bits per heavy atom. The number of rotatable bonds is 2. The van der Waals surface area contributed by atoms with Crippen LogP contribution in [0.1, 0.15) is 59.3 Å². The van der Waals surface area contributed by atoms with Gasteiger partial charge in [-0.05, 0) is 48.9 Å².